The van der Waals surface area contributed by atoms with Crippen LogP contribution in [0.25, 0.3) is 21.8 Å². The Kier molecular flexibility index (Phi) is 5.02. The Morgan fingerprint density at radius 1 is 1.30 bits per heavy atom. The molecular formula is C23H18ClN5O4. The Labute approximate surface area is 192 Å². The van der Waals surface area contributed by atoms with Crippen molar-refractivity contribution in [1.82, 2.24) is 19.7 Å². The summed E-state index contributed by atoms with van der Waals surface area (Å²) in [6, 6.07) is 12.7. The summed E-state index contributed by atoms with van der Waals surface area (Å²) < 4.78 is 6.76. The fraction of sp³-hybridized carbons (Fsp3) is 0.261. The highest BCUT2D eigenvalue weighted by Crippen LogP contribution is 2.45. The van der Waals surface area contributed by atoms with Gasteiger partial charge in [0.15, 0.2) is 0 Å². The number of carboxylic acids is 1. The number of aromatic amines is 1. The number of nitriles is 1. The Hall–Kier alpha value is -3.90. The first kappa shape index (κ1) is 21.0. The zero-order chi connectivity index (χ0) is 23.2. The average molecular weight is 464 g/mol. The summed E-state index contributed by atoms with van der Waals surface area (Å²) in [5.41, 5.74) is 0.989. The minimum atomic E-state index is -1.15. The molecule has 2 aromatic heterocycles. The number of ether oxygens (including phenoxy) is 1. The zero-order valence-corrected chi connectivity index (χ0v) is 18.1. The van der Waals surface area contributed by atoms with Crippen molar-refractivity contribution in [2.24, 2.45) is 5.41 Å². The molecule has 0 saturated heterocycles. The summed E-state index contributed by atoms with van der Waals surface area (Å²) in [5, 5.41) is 24.1. The lowest BCUT2D eigenvalue weighted by molar-refractivity contribution is -0.138. The van der Waals surface area contributed by atoms with Crippen molar-refractivity contribution in [2.45, 2.75) is 25.8 Å². The van der Waals surface area contributed by atoms with Crippen LogP contribution < -0.4 is 10.3 Å². The predicted molar refractivity (Wildman–Crippen MR) is 120 cm³/mol. The smallest absolute Gasteiger partial charge is 0.325 e. The first-order chi connectivity index (χ1) is 15.9. The number of imidazole rings is 1. The van der Waals surface area contributed by atoms with Crippen LogP contribution in [0.5, 0.6) is 5.75 Å². The van der Waals surface area contributed by atoms with E-state index in [0.717, 1.165) is 17.5 Å². The van der Waals surface area contributed by atoms with Crippen molar-refractivity contribution in [2.75, 3.05) is 6.61 Å². The lowest BCUT2D eigenvalue weighted by Crippen LogP contribution is -2.28. The first-order valence-electron chi connectivity index (χ1n) is 10.3. The Morgan fingerprint density at radius 2 is 2.06 bits per heavy atom. The maximum Gasteiger partial charge on any atom is 0.325 e. The highest BCUT2D eigenvalue weighted by Gasteiger charge is 2.44. The highest BCUT2D eigenvalue weighted by atomic mass is 35.5. The van der Waals surface area contributed by atoms with Crippen molar-refractivity contribution >= 4 is 39.4 Å². The Bertz CT molecular complexity index is 1510. The van der Waals surface area contributed by atoms with E-state index in [1.807, 2.05) is 0 Å². The molecular weight excluding hydrogens is 446 g/mol. The number of benzene rings is 2. The molecule has 0 bridgehead atoms. The summed E-state index contributed by atoms with van der Waals surface area (Å²) in [6.07, 6.45) is 1.89. The van der Waals surface area contributed by atoms with Gasteiger partial charge in [0.2, 0.25) is 0 Å². The molecule has 33 heavy (non-hydrogen) atoms. The predicted octanol–water partition coefficient (Wildman–Crippen LogP) is 3.28. The summed E-state index contributed by atoms with van der Waals surface area (Å²) >= 11 is 6.36. The molecule has 0 unspecified atom stereocenters. The Balaban J connectivity index is 1.49. The molecule has 0 atom stereocenters. The van der Waals surface area contributed by atoms with Crippen LogP contribution in [0.2, 0.25) is 5.02 Å². The van der Waals surface area contributed by atoms with Gasteiger partial charge in [0, 0.05) is 11.5 Å². The van der Waals surface area contributed by atoms with Crippen molar-refractivity contribution in [1.29, 1.82) is 5.26 Å². The topological polar surface area (TPSA) is 134 Å². The zero-order valence-electron chi connectivity index (χ0n) is 17.3. The number of halogens is 1. The van der Waals surface area contributed by atoms with Crippen LogP contribution >= 0.6 is 11.6 Å². The van der Waals surface area contributed by atoms with Gasteiger partial charge in [0.25, 0.3) is 5.56 Å². The quantitative estimate of drug-likeness (QED) is 0.429. The van der Waals surface area contributed by atoms with Gasteiger partial charge >= 0.3 is 5.97 Å². The van der Waals surface area contributed by atoms with Crippen molar-refractivity contribution in [3.05, 3.63) is 63.3 Å². The van der Waals surface area contributed by atoms with Crippen LogP contribution in [-0.4, -0.2) is 37.4 Å². The van der Waals surface area contributed by atoms with Crippen LogP contribution in [0, 0.1) is 16.7 Å². The van der Waals surface area contributed by atoms with E-state index in [4.69, 9.17) is 21.4 Å². The number of fused-ring (bicyclic) bond motifs is 2. The molecule has 1 fully saturated rings. The average Bonchev–Trinajstić information content (AvgIpc) is 3.48. The van der Waals surface area contributed by atoms with Gasteiger partial charge in [-0.3, -0.25) is 9.59 Å². The molecule has 2 N–H and O–H groups in total. The van der Waals surface area contributed by atoms with Crippen molar-refractivity contribution in [3.63, 3.8) is 0 Å². The number of carboxylic acid groups (broad SMARTS) is 1. The third kappa shape index (κ3) is 4.01. The van der Waals surface area contributed by atoms with E-state index in [0.29, 0.717) is 44.1 Å². The number of nitrogens with one attached hydrogen (secondary N) is 1. The minimum Gasteiger partial charge on any atom is -0.490 e. The fourth-order valence-electron chi connectivity index (χ4n) is 3.74. The Morgan fingerprint density at radius 3 is 2.76 bits per heavy atom. The molecule has 0 radical (unpaired) electrons. The third-order valence-electron chi connectivity index (χ3n) is 5.74. The summed E-state index contributed by atoms with van der Waals surface area (Å²) in [7, 11) is 0. The van der Waals surface area contributed by atoms with E-state index in [-0.39, 0.29) is 13.0 Å². The maximum atomic E-state index is 12.6. The van der Waals surface area contributed by atoms with E-state index in [1.165, 1.54) is 0 Å². The summed E-state index contributed by atoms with van der Waals surface area (Å²) in [4.78, 5) is 31.6. The van der Waals surface area contributed by atoms with Crippen molar-refractivity contribution in [3.8, 4) is 11.8 Å². The minimum absolute atomic E-state index is 0.250. The van der Waals surface area contributed by atoms with Gasteiger partial charge in [0.05, 0.1) is 45.0 Å². The van der Waals surface area contributed by atoms with Crippen LogP contribution in [0.1, 0.15) is 24.4 Å². The van der Waals surface area contributed by atoms with E-state index >= 15 is 0 Å². The second-order valence-electron chi connectivity index (χ2n) is 8.19. The molecule has 5 rings (SSSR count). The lowest BCUT2D eigenvalue weighted by atomic mass is 10.1. The molecule has 4 aromatic rings. The molecule has 0 aliphatic heterocycles. The maximum absolute atomic E-state index is 12.6. The molecule has 0 spiro atoms. The molecule has 0 amide bonds. The van der Waals surface area contributed by atoms with E-state index < -0.39 is 23.5 Å². The molecule has 2 aromatic carbocycles. The standard InChI is InChI=1S/C23H18ClN5O4/c24-15-7-17-18(8-19(15)33-12-23(11-25)5-6-23)27-20(26-17)9-16-13-3-1-2-4-14(13)22(32)29(28-16)10-21(30)31/h1-4,7-8H,5-6,9-10,12H2,(H,26,27)(H,30,31). The van der Waals surface area contributed by atoms with E-state index in [2.05, 4.69) is 21.1 Å². The first-order valence-corrected chi connectivity index (χ1v) is 10.7. The van der Waals surface area contributed by atoms with Crippen molar-refractivity contribution < 1.29 is 14.6 Å². The number of hydrogen-bond acceptors (Lipinski definition) is 6. The lowest BCUT2D eigenvalue weighted by Gasteiger charge is -2.10. The molecule has 1 aliphatic carbocycles. The molecule has 9 nitrogen and oxygen atoms in total. The van der Waals surface area contributed by atoms with E-state index in [9.17, 15) is 14.9 Å². The van der Waals surface area contributed by atoms with Gasteiger partial charge in [-0.15, -0.1) is 0 Å². The van der Waals surface area contributed by atoms with Crippen LogP contribution in [0.4, 0.5) is 0 Å². The molecule has 1 saturated carbocycles. The fourth-order valence-corrected chi connectivity index (χ4v) is 3.96. The summed E-state index contributed by atoms with van der Waals surface area (Å²) in [5.74, 6) is -0.104. The van der Waals surface area contributed by atoms with E-state index in [1.54, 1.807) is 36.4 Å². The van der Waals surface area contributed by atoms with Crippen LogP contribution in [0.15, 0.2) is 41.2 Å². The number of H-pyrrole nitrogens is 1. The van der Waals surface area contributed by atoms with Crippen LogP contribution in [-0.2, 0) is 17.8 Å². The summed E-state index contributed by atoms with van der Waals surface area (Å²) in [6.45, 7) is -0.242. The van der Waals surface area contributed by atoms with Gasteiger partial charge in [0.1, 0.15) is 24.7 Å². The number of hydrogen-bond donors (Lipinski definition) is 2. The molecule has 166 valence electrons. The largest absolute Gasteiger partial charge is 0.490 e. The number of carbonyl (C=O) groups is 1. The molecule has 1 aliphatic rings. The van der Waals surface area contributed by atoms with Gasteiger partial charge in [-0.2, -0.15) is 10.4 Å². The highest BCUT2D eigenvalue weighted by molar-refractivity contribution is 6.32. The normalized spacial score (nSPS) is 14.3. The van der Waals surface area contributed by atoms with Gasteiger partial charge < -0.3 is 14.8 Å². The van der Waals surface area contributed by atoms with Gasteiger partial charge in [-0.25, -0.2) is 9.67 Å². The van der Waals surface area contributed by atoms with Gasteiger partial charge in [-0.05, 0) is 25.0 Å². The third-order valence-corrected chi connectivity index (χ3v) is 6.04. The second-order valence-corrected chi connectivity index (χ2v) is 8.60. The number of nitrogens with zero attached hydrogens (tertiary/aromatic N) is 4. The number of aromatic nitrogens is 4. The molecule has 10 heteroatoms. The SMILES string of the molecule is N#CC1(COc2cc3[nH]c(Cc4nn(CC(=O)O)c(=O)c5ccccc45)nc3cc2Cl)CC1. The monoisotopic (exact) mass is 463 g/mol. The molecule has 2 heterocycles. The second kappa shape index (κ2) is 7.90. The number of rotatable bonds is 7. The van der Waals surface area contributed by atoms with Crippen LogP contribution in [0.3, 0.4) is 0 Å². The number of aliphatic carboxylic acids is 1. The van der Waals surface area contributed by atoms with Gasteiger partial charge in [-0.1, -0.05) is 29.8 Å².